The van der Waals surface area contributed by atoms with Gasteiger partial charge in [-0.25, -0.2) is 18.7 Å². The summed E-state index contributed by atoms with van der Waals surface area (Å²) in [6, 6.07) is 24.8. The number of hydrogen-bond donors (Lipinski definition) is 0. The lowest BCUT2D eigenvalue weighted by Gasteiger charge is -2.15. The van der Waals surface area contributed by atoms with Crippen LogP contribution in [0.3, 0.4) is 0 Å². The third-order valence-electron chi connectivity index (χ3n) is 8.05. The van der Waals surface area contributed by atoms with Gasteiger partial charge in [-0.2, -0.15) is 0 Å². The zero-order valence-corrected chi connectivity index (χ0v) is 22.2. The molecule has 0 N–H and O–H groups in total. The molecule has 0 spiro atoms. The molecule has 0 amide bonds. The summed E-state index contributed by atoms with van der Waals surface area (Å²) in [4.78, 5) is 9.83. The van der Waals surface area contributed by atoms with Crippen LogP contribution in [0.4, 0.5) is 8.78 Å². The topological polar surface area (TPSA) is 38.9 Å². The van der Waals surface area contributed by atoms with E-state index >= 15 is 0 Å². The van der Waals surface area contributed by atoms with E-state index in [2.05, 4.69) is 73.4 Å². The van der Waals surface area contributed by atoms with Crippen molar-refractivity contribution in [3.63, 3.8) is 0 Å². The summed E-state index contributed by atoms with van der Waals surface area (Å²) in [6.07, 6.45) is 0.364. The molecule has 39 heavy (non-hydrogen) atoms. The minimum absolute atomic E-state index is 0.0489. The van der Waals surface area contributed by atoms with E-state index in [1.165, 1.54) is 5.56 Å². The van der Waals surface area contributed by atoms with E-state index in [-0.39, 0.29) is 18.8 Å². The first-order valence-corrected chi connectivity index (χ1v) is 13.4. The van der Waals surface area contributed by atoms with Crippen molar-refractivity contribution in [3.8, 4) is 22.5 Å². The molecule has 3 aromatic heterocycles. The minimum atomic E-state index is -2.59. The molecule has 6 aromatic rings. The Bertz CT molecular complexity index is 1900. The van der Waals surface area contributed by atoms with Gasteiger partial charge in [0, 0.05) is 45.8 Å². The van der Waals surface area contributed by atoms with Crippen LogP contribution in [-0.4, -0.2) is 15.9 Å². The molecule has 0 aliphatic heterocycles. The van der Waals surface area contributed by atoms with Gasteiger partial charge in [0.05, 0.1) is 11.4 Å². The highest BCUT2D eigenvalue weighted by atomic mass is 19.3. The van der Waals surface area contributed by atoms with Crippen molar-refractivity contribution in [3.05, 3.63) is 95.2 Å². The highest BCUT2D eigenvalue weighted by molar-refractivity contribution is 6.11. The average Bonchev–Trinajstić information content (AvgIpc) is 3.46. The average molecular weight is 519 g/mol. The number of furan rings is 1. The number of nitrogens with zero attached hydrogens (tertiary/aromatic N) is 2. The number of alkyl halides is 2. The molecular weight excluding hydrogens is 490 g/mol. The van der Waals surface area contributed by atoms with Crippen molar-refractivity contribution >= 4 is 32.8 Å². The van der Waals surface area contributed by atoms with Crippen LogP contribution in [0.25, 0.3) is 55.4 Å². The molecule has 7 rings (SSSR count). The van der Waals surface area contributed by atoms with Crippen LogP contribution in [0.2, 0.25) is 0 Å². The van der Waals surface area contributed by atoms with Crippen molar-refractivity contribution < 1.29 is 13.2 Å². The van der Waals surface area contributed by atoms with Crippen LogP contribution in [0.1, 0.15) is 47.6 Å². The molecule has 1 fully saturated rings. The maximum Gasteiger partial charge on any atom is 0.248 e. The fourth-order valence-corrected chi connectivity index (χ4v) is 6.01. The van der Waals surface area contributed by atoms with Gasteiger partial charge in [0.15, 0.2) is 0 Å². The van der Waals surface area contributed by atoms with Crippen molar-refractivity contribution in [2.45, 2.75) is 51.9 Å². The van der Waals surface area contributed by atoms with Gasteiger partial charge in [-0.1, -0.05) is 48.0 Å². The predicted molar refractivity (Wildman–Crippen MR) is 153 cm³/mol. The number of aryl methyl sites for hydroxylation is 3. The molecule has 1 aliphatic rings. The van der Waals surface area contributed by atoms with Crippen molar-refractivity contribution in [1.29, 1.82) is 0 Å². The lowest BCUT2D eigenvalue weighted by atomic mass is 9.92. The molecule has 1 unspecified atom stereocenters. The predicted octanol–water partition coefficient (Wildman–Crippen LogP) is 9.69. The van der Waals surface area contributed by atoms with Crippen LogP contribution in [0.15, 0.2) is 77.2 Å². The SMILES string of the molecule is Cc1ccc(-c2cc3cc(C4CCC(F)(F)C4)ccc3c(-c3cc(C)cc4c3oc3nc(C)ccc34)n2)cc1. The zero-order valence-electron chi connectivity index (χ0n) is 22.2. The lowest BCUT2D eigenvalue weighted by Crippen LogP contribution is -2.09. The van der Waals surface area contributed by atoms with Gasteiger partial charge < -0.3 is 4.42 Å². The Morgan fingerprint density at radius 3 is 2.36 bits per heavy atom. The summed E-state index contributed by atoms with van der Waals surface area (Å²) in [5.74, 6) is -2.73. The van der Waals surface area contributed by atoms with Crippen LogP contribution in [0, 0.1) is 20.8 Å². The van der Waals surface area contributed by atoms with Crippen LogP contribution >= 0.6 is 0 Å². The molecule has 5 heteroatoms. The number of halogens is 2. The molecule has 3 nitrogen and oxygen atoms in total. The highest BCUT2D eigenvalue weighted by Crippen LogP contribution is 2.46. The van der Waals surface area contributed by atoms with Crippen molar-refractivity contribution in [2.24, 2.45) is 0 Å². The smallest absolute Gasteiger partial charge is 0.248 e. The molecule has 0 saturated heterocycles. The van der Waals surface area contributed by atoms with Gasteiger partial charge in [-0.3, -0.25) is 0 Å². The lowest BCUT2D eigenvalue weighted by molar-refractivity contribution is 0.00777. The molecular formula is C34H28F2N2O. The number of fused-ring (bicyclic) bond motifs is 4. The van der Waals surface area contributed by atoms with E-state index < -0.39 is 5.92 Å². The quantitative estimate of drug-likeness (QED) is 0.234. The second kappa shape index (κ2) is 8.70. The summed E-state index contributed by atoms with van der Waals surface area (Å²) in [6.45, 7) is 6.10. The monoisotopic (exact) mass is 518 g/mol. The number of hydrogen-bond acceptors (Lipinski definition) is 3. The standard InChI is InChI=1S/C34H28F2N2O/c1-19-4-7-22(8-5-19)30-17-25-16-23(24-12-13-34(35,36)18-24)9-11-26(25)31(38-30)29-15-20(2)14-28-27-10-6-21(3)37-33(27)39-32(28)29/h4-11,14-17,24H,12-13,18H2,1-3H3. The number of aromatic nitrogens is 2. The van der Waals surface area contributed by atoms with Gasteiger partial charge in [-0.15, -0.1) is 0 Å². The van der Waals surface area contributed by atoms with Gasteiger partial charge in [-0.05, 0) is 80.0 Å². The van der Waals surface area contributed by atoms with Gasteiger partial charge >= 0.3 is 0 Å². The molecule has 1 saturated carbocycles. The summed E-state index contributed by atoms with van der Waals surface area (Å²) >= 11 is 0. The van der Waals surface area contributed by atoms with E-state index in [4.69, 9.17) is 9.40 Å². The Kier molecular flexibility index (Phi) is 5.35. The summed E-state index contributed by atoms with van der Waals surface area (Å²) < 4.78 is 34.5. The fraction of sp³-hybridized carbons (Fsp3) is 0.235. The maximum absolute atomic E-state index is 14.1. The Labute approximate surface area is 225 Å². The third kappa shape index (κ3) is 4.17. The Balaban J connectivity index is 1.50. The Hall–Kier alpha value is -4.12. The van der Waals surface area contributed by atoms with E-state index in [0.29, 0.717) is 12.1 Å². The van der Waals surface area contributed by atoms with Crippen LogP contribution < -0.4 is 0 Å². The van der Waals surface area contributed by atoms with Gasteiger partial charge in [0.25, 0.3) is 0 Å². The third-order valence-corrected chi connectivity index (χ3v) is 8.05. The van der Waals surface area contributed by atoms with Crippen molar-refractivity contribution in [1.82, 2.24) is 9.97 Å². The van der Waals surface area contributed by atoms with E-state index in [9.17, 15) is 8.78 Å². The van der Waals surface area contributed by atoms with E-state index in [1.807, 2.05) is 25.1 Å². The Morgan fingerprint density at radius 2 is 1.59 bits per heavy atom. The molecule has 0 bridgehead atoms. The Morgan fingerprint density at radius 1 is 0.795 bits per heavy atom. The second-order valence-electron chi connectivity index (χ2n) is 11.1. The fourth-order valence-electron chi connectivity index (χ4n) is 6.01. The first kappa shape index (κ1) is 24.0. The molecule has 194 valence electrons. The van der Waals surface area contributed by atoms with E-state index in [0.717, 1.165) is 66.5 Å². The van der Waals surface area contributed by atoms with Crippen LogP contribution in [-0.2, 0) is 0 Å². The summed E-state index contributed by atoms with van der Waals surface area (Å²) in [5.41, 5.74) is 9.06. The first-order valence-electron chi connectivity index (χ1n) is 13.4. The summed E-state index contributed by atoms with van der Waals surface area (Å²) in [7, 11) is 0. The maximum atomic E-state index is 14.1. The molecule has 3 aromatic carbocycles. The largest absolute Gasteiger partial charge is 0.437 e. The zero-order chi connectivity index (χ0) is 26.9. The first-order chi connectivity index (χ1) is 18.7. The highest BCUT2D eigenvalue weighted by Gasteiger charge is 2.40. The molecule has 0 radical (unpaired) electrons. The van der Waals surface area contributed by atoms with E-state index in [1.54, 1.807) is 0 Å². The summed E-state index contributed by atoms with van der Waals surface area (Å²) in [5, 5.41) is 3.94. The number of rotatable bonds is 3. The van der Waals surface area contributed by atoms with Crippen LogP contribution in [0.5, 0.6) is 0 Å². The second-order valence-corrected chi connectivity index (χ2v) is 11.1. The number of benzene rings is 3. The van der Waals surface area contributed by atoms with Gasteiger partial charge in [0.2, 0.25) is 11.6 Å². The number of pyridine rings is 2. The molecule has 1 atom stereocenters. The minimum Gasteiger partial charge on any atom is -0.437 e. The normalized spacial score (nSPS) is 17.0. The van der Waals surface area contributed by atoms with Crippen molar-refractivity contribution in [2.75, 3.05) is 0 Å². The molecule has 1 aliphatic carbocycles. The molecule has 3 heterocycles. The van der Waals surface area contributed by atoms with Gasteiger partial charge in [0.1, 0.15) is 5.58 Å².